The van der Waals surface area contributed by atoms with Crippen molar-refractivity contribution in [2.45, 2.75) is 6.92 Å². The molecule has 4 nitrogen and oxygen atoms in total. The third-order valence-electron chi connectivity index (χ3n) is 1.70. The lowest BCUT2D eigenvalue weighted by Gasteiger charge is -1.98. The maximum Gasteiger partial charge on any atom is 0.285 e. The zero-order valence-electron chi connectivity index (χ0n) is 7.48. The van der Waals surface area contributed by atoms with Gasteiger partial charge in [0.05, 0.1) is 4.92 Å². The lowest BCUT2D eigenvalue weighted by Crippen LogP contribution is -1.94. The first kappa shape index (κ1) is 9.93. The second-order valence-electron chi connectivity index (χ2n) is 2.61. The van der Waals surface area contributed by atoms with Gasteiger partial charge in [-0.3, -0.25) is 14.9 Å². The molecular weight excluding hydrogens is 182 g/mol. The molecule has 0 spiro atoms. The molecule has 0 heterocycles. The van der Waals surface area contributed by atoms with Crippen molar-refractivity contribution in [3.63, 3.8) is 0 Å². The largest absolute Gasteiger partial charge is 0.289 e. The number of nitro benzene ring substituents is 1. The number of nitrogens with zero attached hydrogens (tertiary/aromatic N) is 1. The molecule has 1 aromatic rings. The number of hydrogen-bond acceptors (Lipinski definition) is 3. The SMILES string of the molecule is Cc1cccc([N+](=O)[O-])c1C#CC=O. The first-order valence-corrected chi connectivity index (χ1v) is 3.86. The highest BCUT2D eigenvalue weighted by molar-refractivity contribution is 5.75. The Hall–Kier alpha value is -2.15. The van der Waals surface area contributed by atoms with Crippen LogP contribution >= 0.6 is 0 Å². The second kappa shape index (κ2) is 4.19. The van der Waals surface area contributed by atoms with Crippen molar-refractivity contribution in [1.29, 1.82) is 0 Å². The van der Waals surface area contributed by atoms with E-state index >= 15 is 0 Å². The Morgan fingerprint density at radius 1 is 1.50 bits per heavy atom. The van der Waals surface area contributed by atoms with Crippen LogP contribution in [0.2, 0.25) is 0 Å². The van der Waals surface area contributed by atoms with Crippen LogP contribution in [0.1, 0.15) is 11.1 Å². The predicted octanol–water partition coefficient (Wildman–Crippen LogP) is 1.45. The number of aryl methyl sites for hydroxylation is 1. The lowest BCUT2D eigenvalue weighted by molar-refractivity contribution is -0.385. The second-order valence-corrected chi connectivity index (χ2v) is 2.61. The van der Waals surface area contributed by atoms with Gasteiger partial charge < -0.3 is 0 Å². The van der Waals surface area contributed by atoms with Gasteiger partial charge in [0.15, 0.2) is 6.29 Å². The molecule has 0 fully saturated rings. The summed E-state index contributed by atoms with van der Waals surface area (Å²) in [6.07, 6.45) is 0.413. The molecule has 0 amide bonds. The Balaban J connectivity index is 3.36. The van der Waals surface area contributed by atoms with Crippen LogP contribution in [0.25, 0.3) is 0 Å². The summed E-state index contributed by atoms with van der Waals surface area (Å²) in [6.45, 7) is 1.71. The summed E-state index contributed by atoms with van der Waals surface area (Å²) in [7, 11) is 0. The van der Waals surface area contributed by atoms with Crippen LogP contribution in [-0.4, -0.2) is 11.2 Å². The number of rotatable bonds is 1. The van der Waals surface area contributed by atoms with Gasteiger partial charge in [0.25, 0.3) is 5.69 Å². The quantitative estimate of drug-likeness (QED) is 0.291. The average molecular weight is 189 g/mol. The average Bonchev–Trinajstić information content (AvgIpc) is 2.15. The fourth-order valence-electron chi connectivity index (χ4n) is 1.07. The topological polar surface area (TPSA) is 60.2 Å². The van der Waals surface area contributed by atoms with E-state index < -0.39 is 4.92 Å². The molecule has 4 heteroatoms. The van der Waals surface area contributed by atoms with E-state index in [1.807, 2.05) is 0 Å². The molecule has 1 rings (SSSR count). The van der Waals surface area contributed by atoms with E-state index in [1.165, 1.54) is 6.07 Å². The minimum Gasteiger partial charge on any atom is -0.289 e. The molecule has 0 aromatic heterocycles. The number of nitro groups is 1. The Labute approximate surface area is 80.7 Å². The van der Waals surface area contributed by atoms with E-state index in [0.717, 1.165) is 0 Å². The van der Waals surface area contributed by atoms with Crippen LogP contribution in [0.4, 0.5) is 5.69 Å². The van der Waals surface area contributed by atoms with E-state index in [0.29, 0.717) is 17.4 Å². The lowest BCUT2D eigenvalue weighted by atomic mass is 10.1. The Morgan fingerprint density at radius 3 is 2.79 bits per heavy atom. The minimum atomic E-state index is -0.512. The molecule has 0 saturated heterocycles. The van der Waals surface area contributed by atoms with E-state index in [2.05, 4.69) is 11.8 Å². The highest BCUT2D eigenvalue weighted by Crippen LogP contribution is 2.20. The van der Waals surface area contributed by atoms with Crippen molar-refractivity contribution in [3.8, 4) is 11.8 Å². The van der Waals surface area contributed by atoms with Crippen molar-refractivity contribution in [3.05, 3.63) is 39.4 Å². The van der Waals surface area contributed by atoms with E-state index in [9.17, 15) is 14.9 Å². The monoisotopic (exact) mass is 189 g/mol. The highest BCUT2D eigenvalue weighted by Gasteiger charge is 2.12. The first-order chi connectivity index (χ1) is 6.66. The molecule has 0 atom stereocenters. The summed E-state index contributed by atoms with van der Waals surface area (Å²) in [6, 6.07) is 4.66. The first-order valence-electron chi connectivity index (χ1n) is 3.86. The third kappa shape index (κ3) is 1.96. The Kier molecular flexibility index (Phi) is 2.97. The molecule has 0 aliphatic rings. The summed E-state index contributed by atoms with van der Waals surface area (Å²) in [5.41, 5.74) is 0.914. The number of hydrogen-bond donors (Lipinski definition) is 0. The maximum atomic E-state index is 10.6. The van der Waals surface area contributed by atoms with Gasteiger partial charge in [0.2, 0.25) is 0 Å². The molecule has 0 radical (unpaired) electrons. The van der Waals surface area contributed by atoms with Crippen molar-refractivity contribution < 1.29 is 9.72 Å². The zero-order valence-corrected chi connectivity index (χ0v) is 7.48. The van der Waals surface area contributed by atoms with Gasteiger partial charge in [0.1, 0.15) is 5.56 Å². The van der Waals surface area contributed by atoms with Crippen LogP contribution in [0.3, 0.4) is 0 Å². The molecule has 0 saturated carbocycles. The summed E-state index contributed by atoms with van der Waals surface area (Å²) in [5, 5.41) is 10.6. The molecule has 70 valence electrons. The normalized spacial score (nSPS) is 8.64. The smallest absolute Gasteiger partial charge is 0.285 e. The van der Waals surface area contributed by atoms with Crippen molar-refractivity contribution >= 4 is 12.0 Å². The third-order valence-corrected chi connectivity index (χ3v) is 1.70. The van der Waals surface area contributed by atoms with Crippen molar-refractivity contribution in [2.75, 3.05) is 0 Å². The molecule has 1 aromatic carbocycles. The fraction of sp³-hybridized carbons (Fsp3) is 0.100. The van der Waals surface area contributed by atoms with Crippen LogP contribution in [0, 0.1) is 28.9 Å². The number of carbonyl (C=O) groups excluding carboxylic acids is 1. The van der Waals surface area contributed by atoms with Crippen LogP contribution in [0.15, 0.2) is 18.2 Å². The molecule has 0 aliphatic carbocycles. The summed E-state index contributed by atoms with van der Waals surface area (Å²) in [5.74, 6) is 4.62. The van der Waals surface area contributed by atoms with Gasteiger partial charge in [-0.15, -0.1) is 0 Å². The Morgan fingerprint density at radius 2 is 2.21 bits per heavy atom. The summed E-state index contributed by atoms with van der Waals surface area (Å²) >= 11 is 0. The van der Waals surface area contributed by atoms with Gasteiger partial charge in [-0.05, 0) is 18.4 Å². The molecule has 0 bridgehead atoms. The summed E-state index contributed by atoms with van der Waals surface area (Å²) in [4.78, 5) is 20.1. The van der Waals surface area contributed by atoms with E-state index in [1.54, 1.807) is 19.1 Å². The Bertz CT molecular complexity index is 440. The molecule has 0 aliphatic heterocycles. The van der Waals surface area contributed by atoms with Crippen molar-refractivity contribution in [1.82, 2.24) is 0 Å². The molecular formula is C10H7NO3. The standard InChI is InChI=1S/C10H7NO3/c1-8-4-2-6-10(11(13)14)9(8)5-3-7-12/h2,4,6-7H,1H3. The van der Waals surface area contributed by atoms with Crippen LogP contribution in [0.5, 0.6) is 0 Å². The summed E-state index contributed by atoms with van der Waals surface area (Å²) < 4.78 is 0. The molecule has 0 N–H and O–H groups in total. The minimum absolute atomic E-state index is 0.0700. The zero-order chi connectivity index (χ0) is 10.6. The number of benzene rings is 1. The van der Waals surface area contributed by atoms with Gasteiger partial charge in [-0.25, -0.2) is 0 Å². The number of carbonyl (C=O) groups is 1. The van der Waals surface area contributed by atoms with Crippen molar-refractivity contribution in [2.24, 2.45) is 0 Å². The maximum absolute atomic E-state index is 10.6. The predicted molar refractivity (Wildman–Crippen MR) is 50.8 cm³/mol. The molecule has 14 heavy (non-hydrogen) atoms. The van der Waals surface area contributed by atoms with Gasteiger partial charge in [-0.2, -0.15) is 0 Å². The van der Waals surface area contributed by atoms with Crippen LogP contribution in [-0.2, 0) is 4.79 Å². The van der Waals surface area contributed by atoms with Gasteiger partial charge in [0, 0.05) is 6.07 Å². The van der Waals surface area contributed by atoms with Gasteiger partial charge in [-0.1, -0.05) is 18.1 Å². The molecule has 0 unspecified atom stereocenters. The highest BCUT2D eigenvalue weighted by atomic mass is 16.6. The fourth-order valence-corrected chi connectivity index (χ4v) is 1.07. The number of aldehydes is 1. The van der Waals surface area contributed by atoms with E-state index in [-0.39, 0.29) is 5.69 Å². The van der Waals surface area contributed by atoms with Gasteiger partial charge >= 0.3 is 0 Å². The van der Waals surface area contributed by atoms with Crippen LogP contribution < -0.4 is 0 Å². The van der Waals surface area contributed by atoms with E-state index in [4.69, 9.17) is 0 Å².